The Kier molecular flexibility index (Phi) is 5.46. The average molecular weight is 284 g/mol. The van der Waals surface area contributed by atoms with E-state index in [2.05, 4.69) is 31.0 Å². The fraction of sp³-hybridized carbons (Fsp3) is 1.00. The van der Waals surface area contributed by atoms with Crippen molar-refractivity contribution >= 4 is 0 Å². The van der Waals surface area contributed by atoms with E-state index < -0.39 is 0 Å². The molecule has 0 saturated carbocycles. The third-order valence-electron chi connectivity index (χ3n) is 4.80. The molecule has 0 bridgehead atoms. The van der Waals surface area contributed by atoms with Crippen LogP contribution in [0.3, 0.4) is 0 Å². The summed E-state index contributed by atoms with van der Waals surface area (Å²) in [6.07, 6.45) is 4.63. The van der Waals surface area contributed by atoms with Gasteiger partial charge in [-0.05, 0) is 58.4 Å². The second-order valence-electron chi connectivity index (χ2n) is 7.67. The summed E-state index contributed by atoms with van der Waals surface area (Å²) < 4.78 is 5.58. The summed E-state index contributed by atoms with van der Waals surface area (Å²) in [5.74, 6) is 0. The first-order chi connectivity index (χ1) is 9.44. The third-order valence-corrected chi connectivity index (χ3v) is 4.80. The van der Waals surface area contributed by atoms with Crippen molar-refractivity contribution in [2.45, 2.75) is 58.0 Å². The van der Waals surface area contributed by atoms with E-state index in [0.29, 0.717) is 18.1 Å². The van der Waals surface area contributed by atoms with Crippen LogP contribution in [0.4, 0.5) is 0 Å². The number of likely N-dealkylation sites (tertiary alicyclic amines) is 1. The first kappa shape index (κ1) is 16.2. The van der Waals surface area contributed by atoms with E-state index in [1.165, 1.54) is 6.42 Å². The first-order valence-electron chi connectivity index (χ1n) is 8.12. The topological polar surface area (TPSA) is 44.7 Å². The molecule has 0 amide bonds. The molecule has 0 spiro atoms. The van der Waals surface area contributed by atoms with Gasteiger partial charge in [0.1, 0.15) is 0 Å². The minimum Gasteiger partial charge on any atom is -0.395 e. The van der Waals surface area contributed by atoms with Crippen LogP contribution in [-0.2, 0) is 4.74 Å². The summed E-state index contributed by atoms with van der Waals surface area (Å²) in [5, 5.41) is 13.2. The molecule has 2 heterocycles. The molecule has 1 unspecified atom stereocenters. The molecule has 2 fully saturated rings. The van der Waals surface area contributed by atoms with Crippen LogP contribution in [0.2, 0.25) is 0 Å². The summed E-state index contributed by atoms with van der Waals surface area (Å²) in [6.45, 7) is 12.0. The van der Waals surface area contributed by atoms with Crippen molar-refractivity contribution in [1.82, 2.24) is 10.2 Å². The molecular formula is C16H32N2O2. The van der Waals surface area contributed by atoms with E-state index in [0.717, 1.165) is 52.1 Å². The van der Waals surface area contributed by atoms with Gasteiger partial charge in [-0.2, -0.15) is 0 Å². The Labute approximate surface area is 123 Å². The van der Waals surface area contributed by atoms with Gasteiger partial charge >= 0.3 is 0 Å². The standard InChI is InChI=1S/C16H32N2O2/c1-15(2,3)17-12-16(6-9-20-10-7-16)13-18-8-4-5-14(18)11-19/h14,17,19H,4-13H2,1-3H3. The van der Waals surface area contributed by atoms with Crippen molar-refractivity contribution in [2.75, 3.05) is 39.5 Å². The van der Waals surface area contributed by atoms with Crippen molar-refractivity contribution in [3.05, 3.63) is 0 Å². The minimum absolute atomic E-state index is 0.159. The highest BCUT2D eigenvalue weighted by atomic mass is 16.5. The number of ether oxygens (including phenoxy) is 1. The Morgan fingerprint density at radius 2 is 2.00 bits per heavy atom. The number of rotatable bonds is 5. The van der Waals surface area contributed by atoms with Gasteiger partial charge in [0.25, 0.3) is 0 Å². The lowest BCUT2D eigenvalue weighted by atomic mass is 9.78. The molecule has 4 nitrogen and oxygen atoms in total. The molecule has 0 aromatic rings. The fourth-order valence-corrected chi connectivity index (χ4v) is 3.39. The van der Waals surface area contributed by atoms with Crippen LogP contribution in [0.1, 0.15) is 46.5 Å². The molecule has 0 aromatic heterocycles. The molecule has 0 radical (unpaired) electrons. The SMILES string of the molecule is CC(C)(C)NCC1(CN2CCCC2CO)CCOCC1. The predicted octanol–water partition coefficient (Wildman–Crippen LogP) is 1.63. The van der Waals surface area contributed by atoms with Gasteiger partial charge in [0.15, 0.2) is 0 Å². The lowest BCUT2D eigenvalue weighted by Gasteiger charge is -2.43. The first-order valence-corrected chi connectivity index (χ1v) is 8.12. The Morgan fingerprint density at radius 3 is 2.60 bits per heavy atom. The Morgan fingerprint density at radius 1 is 1.30 bits per heavy atom. The smallest absolute Gasteiger partial charge is 0.0586 e. The van der Waals surface area contributed by atoms with E-state index in [4.69, 9.17) is 4.74 Å². The summed E-state index contributed by atoms with van der Waals surface area (Å²) in [5.41, 5.74) is 0.468. The van der Waals surface area contributed by atoms with Gasteiger partial charge in [-0.25, -0.2) is 0 Å². The lowest BCUT2D eigenvalue weighted by molar-refractivity contribution is -0.0126. The average Bonchev–Trinajstić information content (AvgIpc) is 2.84. The molecule has 4 heteroatoms. The highest BCUT2D eigenvalue weighted by molar-refractivity contribution is 4.92. The van der Waals surface area contributed by atoms with Gasteiger partial charge in [-0.15, -0.1) is 0 Å². The molecule has 2 saturated heterocycles. The minimum atomic E-state index is 0.159. The summed E-state index contributed by atoms with van der Waals surface area (Å²) in [6, 6.07) is 0.379. The Balaban J connectivity index is 1.99. The molecule has 2 N–H and O–H groups in total. The molecule has 2 aliphatic heterocycles. The quantitative estimate of drug-likeness (QED) is 0.805. The lowest BCUT2D eigenvalue weighted by Crippen LogP contribution is -2.52. The van der Waals surface area contributed by atoms with Gasteiger partial charge in [0, 0.05) is 37.9 Å². The highest BCUT2D eigenvalue weighted by Gasteiger charge is 2.38. The molecule has 118 valence electrons. The number of hydrogen-bond donors (Lipinski definition) is 2. The summed E-state index contributed by atoms with van der Waals surface area (Å²) >= 11 is 0. The van der Waals surface area contributed by atoms with E-state index >= 15 is 0 Å². The number of nitrogens with one attached hydrogen (secondary N) is 1. The van der Waals surface area contributed by atoms with Crippen LogP contribution < -0.4 is 5.32 Å². The zero-order valence-corrected chi connectivity index (χ0v) is 13.5. The molecule has 2 aliphatic rings. The Hall–Kier alpha value is -0.160. The molecule has 0 aromatic carbocycles. The molecule has 20 heavy (non-hydrogen) atoms. The van der Waals surface area contributed by atoms with Gasteiger partial charge < -0.3 is 15.2 Å². The number of aliphatic hydroxyl groups excluding tert-OH is 1. The summed E-state index contributed by atoms with van der Waals surface area (Å²) in [4.78, 5) is 2.51. The van der Waals surface area contributed by atoms with Crippen LogP contribution in [0.25, 0.3) is 0 Å². The van der Waals surface area contributed by atoms with Crippen molar-refractivity contribution in [1.29, 1.82) is 0 Å². The van der Waals surface area contributed by atoms with Crippen LogP contribution in [-0.4, -0.2) is 61.0 Å². The maximum atomic E-state index is 9.53. The van der Waals surface area contributed by atoms with Crippen molar-refractivity contribution < 1.29 is 9.84 Å². The molecule has 0 aliphatic carbocycles. The van der Waals surface area contributed by atoms with Crippen molar-refractivity contribution in [2.24, 2.45) is 5.41 Å². The normalized spacial score (nSPS) is 27.9. The Bertz CT molecular complexity index is 295. The predicted molar refractivity (Wildman–Crippen MR) is 81.9 cm³/mol. The van der Waals surface area contributed by atoms with Gasteiger partial charge in [-0.3, -0.25) is 4.90 Å². The fourth-order valence-electron chi connectivity index (χ4n) is 3.39. The highest BCUT2D eigenvalue weighted by Crippen LogP contribution is 2.34. The second kappa shape index (κ2) is 6.73. The van der Waals surface area contributed by atoms with Crippen LogP contribution in [0, 0.1) is 5.41 Å². The monoisotopic (exact) mass is 284 g/mol. The maximum absolute atomic E-state index is 9.53. The van der Waals surface area contributed by atoms with E-state index in [-0.39, 0.29) is 5.54 Å². The van der Waals surface area contributed by atoms with E-state index in [1.54, 1.807) is 0 Å². The van der Waals surface area contributed by atoms with E-state index in [9.17, 15) is 5.11 Å². The van der Waals surface area contributed by atoms with Crippen LogP contribution in [0.5, 0.6) is 0 Å². The van der Waals surface area contributed by atoms with Crippen molar-refractivity contribution in [3.8, 4) is 0 Å². The van der Waals surface area contributed by atoms with Crippen LogP contribution >= 0.6 is 0 Å². The van der Waals surface area contributed by atoms with Crippen LogP contribution in [0.15, 0.2) is 0 Å². The number of hydrogen-bond acceptors (Lipinski definition) is 4. The second-order valence-corrected chi connectivity index (χ2v) is 7.67. The number of aliphatic hydroxyl groups is 1. The summed E-state index contributed by atoms with van der Waals surface area (Å²) in [7, 11) is 0. The van der Waals surface area contributed by atoms with E-state index in [1.807, 2.05) is 0 Å². The maximum Gasteiger partial charge on any atom is 0.0586 e. The number of nitrogens with zero attached hydrogens (tertiary/aromatic N) is 1. The molecule has 1 atom stereocenters. The van der Waals surface area contributed by atoms with Gasteiger partial charge in [-0.1, -0.05) is 0 Å². The van der Waals surface area contributed by atoms with Gasteiger partial charge in [0.2, 0.25) is 0 Å². The van der Waals surface area contributed by atoms with Gasteiger partial charge in [0.05, 0.1) is 6.61 Å². The van der Waals surface area contributed by atoms with Crippen molar-refractivity contribution in [3.63, 3.8) is 0 Å². The molecule has 2 rings (SSSR count). The third kappa shape index (κ3) is 4.42. The zero-order chi connectivity index (χ0) is 14.6. The zero-order valence-electron chi connectivity index (χ0n) is 13.5. The molecular weight excluding hydrogens is 252 g/mol. The largest absolute Gasteiger partial charge is 0.395 e.